The van der Waals surface area contributed by atoms with Gasteiger partial charge in [-0.1, -0.05) is 39.1 Å². The maximum absolute atomic E-state index is 12.4. The van der Waals surface area contributed by atoms with E-state index >= 15 is 0 Å². The third kappa shape index (κ3) is 2.62. The molecular weight excluding hydrogens is 363 g/mol. The maximum Gasteiger partial charge on any atom is 0.228 e. The van der Waals surface area contributed by atoms with Crippen molar-refractivity contribution < 1.29 is 9.21 Å². The van der Waals surface area contributed by atoms with Crippen LogP contribution in [0, 0.1) is 0 Å². The molecule has 20 heavy (non-hydrogen) atoms. The zero-order valence-corrected chi connectivity index (χ0v) is 13.1. The van der Waals surface area contributed by atoms with Crippen LogP contribution in [0.1, 0.15) is 16.1 Å². The molecule has 2 nitrogen and oxygen atoms in total. The van der Waals surface area contributed by atoms with Gasteiger partial charge in [0.15, 0.2) is 5.76 Å². The van der Waals surface area contributed by atoms with Crippen molar-refractivity contribution in [2.24, 2.45) is 0 Å². The van der Waals surface area contributed by atoms with Crippen LogP contribution in [-0.2, 0) is 0 Å². The van der Waals surface area contributed by atoms with Gasteiger partial charge in [-0.05, 0) is 42.5 Å². The smallest absolute Gasteiger partial charge is 0.228 e. The molecule has 0 aliphatic heterocycles. The second-order valence-corrected chi connectivity index (χ2v) is 6.07. The van der Waals surface area contributed by atoms with Gasteiger partial charge in [-0.25, -0.2) is 0 Å². The van der Waals surface area contributed by atoms with Gasteiger partial charge in [0.2, 0.25) is 5.78 Å². The molecule has 0 radical (unpaired) electrons. The Labute approximate surface area is 133 Å². The first-order valence-electron chi connectivity index (χ1n) is 5.73. The molecule has 3 aromatic rings. The van der Waals surface area contributed by atoms with Gasteiger partial charge in [-0.15, -0.1) is 0 Å². The predicted molar refractivity (Wildman–Crippen MR) is 83.8 cm³/mol. The minimum Gasteiger partial charge on any atom is -0.453 e. The summed E-state index contributed by atoms with van der Waals surface area (Å²) in [5.41, 5.74) is 1.09. The van der Waals surface area contributed by atoms with Gasteiger partial charge in [0, 0.05) is 25.5 Å². The largest absolute Gasteiger partial charge is 0.453 e. The van der Waals surface area contributed by atoms with Crippen LogP contribution in [0.4, 0.5) is 0 Å². The predicted octanol–water partition coefficient (Wildman–Crippen LogP) is 5.73. The lowest BCUT2D eigenvalue weighted by Gasteiger charge is -2.00. The van der Waals surface area contributed by atoms with Gasteiger partial charge in [0.05, 0.1) is 0 Å². The third-order valence-corrected chi connectivity index (χ3v) is 3.74. The molecule has 0 aliphatic carbocycles. The van der Waals surface area contributed by atoms with Crippen LogP contribution in [0.15, 0.2) is 51.4 Å². The number of carbonyl (C=O) groups excluding carboxylic acids is 1. The average Bonchev–Trinajstić information content (AvgIpc) is 2.79. The number of benzene rings is 2. The van der Waals surface area contributed by atoms with Crippen molar-refractivity contribution in [1.29, 1.82) is 0 Å². The molecule has 5 heteroatoms. The Balaban J connectivity index is 2.07. The summed E-state index contributed by atoms with van der Waals surface area (Å²) in [4.78, 5) is 12.4. The Morgan fingerprint density at radius 2 is 1.80 bits per heavy atom. The van der Waals surface area contributed by atoms with Gasteiger partial charge in [0.1, 0.15) is 5.58 Å². The Morgan fingerprint density at radius 1 is 1.00 bits per heavy atom. The van der Waals surface area contributed by atoms with Crippen LogP contribution >= 0.6 is 39.1 Å². The second kappa shape index (κ2) is 5.24. The molecule has 0 N–H and O–H groups in total. The summed E-state index contributed by atoms with van der Waals surface area (Å²) < 4.78 is 6.30. The van der Waals surface area contributed by atoms with Crippen molar-refractivity contribution in [2.75, 3.05) is 0 Å². The van der Waals surface area contributed by atoms with Gasteiger partial charge >= 0.3 is 0 Å². The van der Waals surface area contributed by atoms with E-state index in [1.54, 1.807) is 42.5 Å². The van der Waals surface area contributed by atoms with E-state index in [1.807, 2.05) is 0 Å². The van der Waals surface area contributed by atoms with E-state index in [9.17, 15) is 4.79 Å². The number of halogens is 3. The number of furan rings is 1. The quantitative estimate of drug-likeness (QED) is 0.539. The maximum atomic E-state index is 12.4. The number of ketones is 1. The molecule has 0 atom stereocenters. The highest BCUT2D eigenvalue weighted by Crippen LogP contribution is 2.26. The van der Waals surface area contributed by atoms with Crippen molar-refractivity contribution in [1.82, 2.24) is 0 Å². The topological polar surface area (TPSA) is 30.2 Å². The van der Waals surface area contributed by atoms with Crippen LogP contribution in [-0.4, -0.2) is 5.78 Å². The zero-order chi connectivity index (χ0) is 14.3. The Kier molecular flexibility index (Phi) is 3.59. The molecule has 0 amide bonds. The molecule has 0 fully saturated rings. The minimum absolute atomic E-state index is 0.222. The van der Waals surface area contributed by atoms with Crippen LogP contribution in [0.25, 0.3) is 11.0 Å². The molecule has 0 spiro atoms. The fourth-order valence-electron chi connectivity index (χ4n) is 1.95. The first kappa shape index (κ1) is 13.7. The molecule has 0 unspecified atom stereocenters. The molecule has 0 aliphatic rings. The Morgan fingerprint density at radius 3 is 2.55 bits per heavy atom. The molecule has 2 aromatic carbocycles. The first-order chi connectivity index (χ1) is 9.52. The van der Waals surface area contributed by atoms with Crippen LogP contribution in [0.3, 0.4) is 0 Å². The summed E-state index contributed by atoms with van der Waals surface area (Å²) in [7, 11) is 0. The molecule has 0 saturated heterocycles. The van der Waals surface area contributed by atoms with Crippen molar-refractivity contribution in [3.05, 3.63) is 68.3 Å². The van der Waals surface area contributed by atoms with Crippen molar-refractivity contribution in [3.63, 3.8) is 0 Å². The van der Waals surface area contributed by atoms with E-state index in [0.717, 1.165) is 9.86 Å². The van der Waals surface area contributed by atoms with Crippen molar-refractivity contribution >= 4 is 55.9 Å². The van der Waals surface area contributed by atoms with E-state index in [2.05, 4.69) is 15.9 Å². The van der Waals surface area contributed by atoms with E-state index in [-0.39, 0.29) is 11.5 Å². The summed E-state index contributed by atoms with van der Waals surface area (Å²) in [6.45, 7) is 0. The monoisotopic (exact) mass is 368 g/mol. The Bertz CT molecular complexity index is 804. The average molecular weight is 370 g/mol. The normalized spacial score (nSPS) is 10.9. The summed E-state index contributed by atoms with van der Waals surface area (Å²) >= 11 is 15.2. The molecular formula is C15H7BrCl2O2. The van der Waals surface area contributed by atoms with Gasteiger partial charge < -0.3 is 4.42 Å². The highest BCUT2D eigenvalue weighted by Gasteiger charge is 2.15. The lowest BCUT2D eigenvalue weighted by Crippen LogP contribution is -1.99. The molecule has 1 heterocycles. The SMILES string of the molecule is O=C(c1cc(Cl)cc(Br)c1)c1cc2cc(Cl)ccc2o1. The molecule has 100 valence electrons. The van der Waals surface area contributed by atoms with Gasteiger partial charge in [0.25, 0.3) is 0 Å². The number of fused-ring (bicyclic) bond motifs is 1. The fourth-order valence-corrected chi connectivity index (χ4v) is 2.99. The second-order valence-electron chi connectivity index (χ2n) is 4.28. The van der Waals surface area contributed by atoms with Gasteiger partial charge in [-0.3, -0.25) is 4.79 Å². The number of rotatable bonds is 2. The first-order valence-corrected chi connectivity index (χ1v) is 7.28. The highest BCUT2D eigenvalue weighted by molar-refractivity contribution is 9.10. The van der Waals surface area contributed by atoms with E-state index < -0.39 is 0 Å². The summed E-state index contributed by atoms with van der Waals surface area (Å²) in [6, 6.07) is 11.9. The minimum atomic E-state index is -0.222. The van der Waals surface area contributed by atoms with Crippen molar-refractivity contribution in [3.8, 4) is 0 Å². The lowest BCUT2D eigenvalue weighted by atomic mass is 10.1. The third-order valence-electron chi connectivity index (χ3n) is 2.83. The number of hydrogen-bond donors (Lipinski definition) is 0. The van der Waals surface area contributed by atoms with Crippen LogP contribution < -0.4 is 0 Å². The van der Waals surface area contributed by atoms with E-state index in [4.69, 9.17) is 27.6 Å². The van der Waals surface area contributed by atoms with Crippen LogP contribution in [0.2, 0.25) is 10.0 Å². The fraction of sp³-hybridized carbons (Fsp3) is 0. The van der Waals surface area contributed by atoms with Crippen molar-refractivity contribution in [2.45, 2.75) is 0 Å². The molecule has 0 bridgehead atoms. The van der Waals surface area contributed by atoms with Gasteiger partial charge in [-0.2, -0.15) is 0 Å². The Hall–Kier alpha value is -1.29. The van der Waals surface area contributed by atoms with Crippen LogP contribution in [0.5, 0.6) is 0 Å². The van der Waals surface area contributed by atoms with E-state index in [0.29, 0.717) is 21.2 Å². The summed E-state index contributed by atoms with van der Waals surface area (Å²) in [5, 5.41) is 1.88. The standard InChI is InChI=1S/C15H7BrCl2O2/c16-10-3-9(5-12(18)7-10)15(19)14-6-8-4-11(17)1-2-13(8)20-14/h1-7H. The molecule has 0 saturated carbocycles. The number of carbonyl (C=O) groups is 1. The molecule has 3 rings (SSSR count). The summed E-state index contributed by atoms with van der Waals surface area (Å²) in [5.74, 6) is 0.0388. The number of hydrogen-bond acceptors (Lipinski definition) is 2. The molecule has 1 aromatic heterocycles. The van der Waals surface area contributed by atoms with E-state index in [1.165, 1.54) is 0 Å². The zero-order valence-electron chi connectivity index (χ0n) is 9.99. The highest BCUT2D eigenvalue weighted by atomic mass is 79.9. The lowest BCUT2D eigenvalue weighted by molar-refractivity contribution is 0.101. The summed E-state index contributed by atoms with van der Waals surface area (Å²) in [6.07, 6.45) is 0.